The van der Waals surface area contributed by atoms with Crippen molar-refractivity contribution >= 4 is 17.4 Å². The largest absolute Gasteiger partial charge is 0.383 e. The van der Waals surface area contributed by atoms with Crippen LogP contribution < -0.4 is 11.1 Å². The summed E-state index contributed by atoms with van der Waals surface area (Å²) in [4.78, 5) is 15.6. The van der Waals surface area contributed by atoms with Crippen LogP contribution in [0.5, 0.6) is 0 Å². The van der Waals surface area contributed by atoms with Crippen LogP contribution in [0.25, 0.3) is 11.1 Å². The highest BCUT2D eigenvalue weighted by Crippen LogP contribution is 2.35. The topological polar surface area (TPSA) is 91.8 Å². The molecule has 1 amide bonds. The minimum Gasteiger partial charge on any atom is -0.383 e. The molecule has 1 heterocycles. The Bertz CT molecular complexity index is 819. The van der Waals surface area contributed by atoms with E-state index in [1.165, 1.54) is 13.3 Å². The molecule has 5 heteroatoms. The van der Waals surface area contributed by atoms with Gasteiger partial charge in [0, 0.05) is 23.9 Å². The number of carbonyl (C=O) groups is 1. The molecule has 1 aliphatic rings. The summed E-state index contributed by atoms with van der Waals surface area (Å²) >= 11 is 0. The minimum atomic E-state index is -0.109. The van der Waals surface area contributed by atoms with Crippen molar-refractivity contribution in [1.82, 2.24) is 4.98 Å². The van der Waals surface area contributed by atoms with Gasteiger partial charge in [0.2, 0.25) is 5.91 Å². The Labute approximate surface area is 141 Å². The highest BCUT2D eigenvalue weighted by Gasteiger charge is 2.21. The number of nitrogen functional groups attached to an aromatic ring is 1. The highest BCUT2D eigenvalue weighted by molar-refractivity contribution is 5.89. The van der Waals surface area contributed by atoms with Crippen molar-refractivity contribution in [2.75, 3.05) is 11.1 Å². The van der Waals surface area contributed by atoms with Gasteiger partial charge in [-0.05, 0) is 48.9 Å². The summed E-state index contributed by atoms with van der Waals surface area (Å²) in [6, 6.07) is 9.76. The Kier molecular flexibility index (Phi) is 4.48. The number of benzene rings is 1. The molecule has 24 heavy (non-hydrogen) atoms. The second kappa shape index (κ2) is 6.71. The van der Waals surface area contributed by atoms with Gasteiger partial charge < -0.3 is 11.1 Å². The van der Waals surface area contributed by atoms with Crippen LogP contribution in [0.3, 0.4) is 0 Å². The van der Waals surface area contributed by atoms with Crippen molar-refractivity contribution in [2.24, 2.45) is 0 Å². The molecule has 1 aromatic heterocycles. The molecule has 3 N–H and O–H groups in total. The van der Waals surface area contributed by atoms with Gasteiger partial charge in [0.1, 0.15) is 17.5 Å². The predicted molar refractivity (Wildman–Crippen MR) is 94.4 cm³/mol. The summed E-state index contributed by atoms with van der Waals surface area (Å²) in [7, 11) is 0. The van der Waals surface area contributed by atoms with E-state index in [0.717, 1.165) is 53.8 Å². The SMILES string of the molecule is CC(=O)Nc1ccc(-c2c(C#N)c(N)nc3c2CCCCC3)cc1. The molecule has 0 fully saturated rings. The molecule has 1 aromatic carbocycles. The smallest absolute Gasteiger partial charge is 0.221 e. The Morgan fingerprint density at radius 1 is 1.21 bits per heavy atom. The molecule has 0 saturated heterocycles. The van der Waals surface area contributed by atoms with Gasteiger partial charge in [-0.2, -0.15) is 5.26 Å². The van der Waals surface area contributed by atoms with Crippen molar-refractivity contribution in [3.05, 3.63) is 41.1 Å². The predicted octanol–water partition coefficient (Wildman–Crippen LogP) is 3.43. The molecule has 0 unspecified atom stereocenters. The third-order valence-corrected chi connectivity index (χ3v) is 4.36. The van der Waals surface area contributed by atoms with Crippen LogP contribution in [0.1, 0.15) is 43.0 Å². The van der Waals surface area contributed by atoms with E-state index < -0.39 is 0 Å². The van der Waals surface area contributed by atoms with Gasteiger partial charge >= 0.3 is 0 Å². The third kappa shape index (κ3) is 3.09. The van der Waals surface area contributed by atoms with E-state index in [1.54, 1.807) is 0 Å². The first-order valence-corrected chi connectivity index (χ1v) is 8.19. The third-order valence-electron chi connectivity index (χ3n) is 4.36. The summed E-state index contributed by atoms with van der Waals surface area (Å²) in [6.07, 6.45) is 5.19. The molecule has 5 nitrogen and oxygen atoms in total. The van der Waals surface area contributed by atoms with Gasteiger partial charge in [-0.25, -0.2) is 4.98 Å². The number of pyridine rings is 1. The van der Waals surface area contributed by atoms with Crippen LogP contribution in [0.4, 0.5) is 11.5 Å². The molecule has 122 valence electrons. The Morgan fingerprint density at radius 2 is 1.92 bits per heavy atom. The number of amides is 1. The van der Waals surface area contributed by atoms with Crippen molar-refractivity contribution in [1.29, 1.82) is 5.26 Å². The van der Waals surface area contributed by atoms with Gasteiger partial charge in [0.05, 0.1) is 0 Å². The van der Waals surface area contributed by atoms with E-state index in [-0.39, 0.29) is 5.91 Å². The maximum atomic E-state index is 11.2. The zero-order valence-corrected chi connectivity index (χ0v) is 13.7. The number of aryl methyl sites for hydroxylation is 1. The number of aromatic nitrogens is 1. The first-order valence-electron chi connectivity index (χ1n) is 8.19. The molecule has 1 aliphatic carbocycles. The van der Waals surface area contributed by atoms with Gasteiger partial charge in [-0.15, -0.1) is 0 Å². The maximum Gasteiger partial charge on any atom is 0.221 e. The lowest BCUT2D eigenvalue weighted by atomic mass is 9.91. The summed E-state index contributed by atoms with van der Waals surface area (Å²) in [5.41, 5.74) is 11.2. The quantitative estimate of drug-likeness (QED) is 0.829. The monoisotopic (exact) mass is 320 g/mol. The van der Waals surface area contributed by atoms with Crippen LogP contribution in [0, 0.1) is 11.3 Å². The zero-order chi connectivity index (χ0) is 17.1. The van der Waals surface area contributed by atoms with Crippen molar-refractivity contribution < 1.29 is 4.79 Å². The van der Waals surface area contributed by atoms with Crippen molar-refractivity contribution in [3.8, 4) is 17.2 Å². The number of hydrogen-bond donors (Lipinski definition) is 2. The molecule has 0 saturated carbocycles. The molecule has 0 bridgehead atoms. The number of nitrogens with zero attached hydrogens (tertiary/aromatic N) is 2. The molecule has 0 aliphatic heterocycles. The standard InChI is InChI=1S/C19H20N4O/c1-12(24)22-14-9-7-13(8-10-14)18-15-5-3-2-4-6-17(15)23-19(21)16(18)11-20/h7-10H,2-6H2,1H3,(H2,21,23)(H,22,24). The average molecular weight is 320 g/mol. The van der Waals surface area contributed by atoms with Crippen LogP contribution in [-0.2, 0) is 17.6 Å². The summed E-state index contributed by atoms with van der Waals surface area (Å²) in [6.45, 7) is 1.48. The van der Waals surface area contributed by atoms with E-state index in [0.29, 0.717) is 11.4 Å². The Balaban J connectivity index is 2.13. The highest BCUT2D eigenvalue weighted by atomic mass is 16.1. The van der Waals surface area contributed by atoms with E-state index in [1.807, 2.05) is 24.3 Å². The summed E-state index contributed by atoms with van der Waals surface area (Å²) in [5, 5.41) is 12.3. The van der Waals surface area contributed by atoms with E-state index in [4.69, 9.17) is 5.73 Å². The van der Waals surface area contributed by atoms with Crippen LogP contribution in [0.15, 0.2) is 24.3 Å². The number of rotatable bonds is 2. The van der Waals surface area contributed by atoms with Gasteiger partial charge in [-0.3, -0.25) is 4.79 Å². The van der Waals surface area contributed by atoms with E-state index in [9.17, 15) is 10.1 Å². The molecule has 3 rings (SSSR count). The molecule has 0 atom stereocenters. The zero-order valence-electron chi connectivity index (χ0n) is 13.7. The number of nitrogens with two attached hydrogens (primary N) is 1. The Hall–Kier alpha value is -2.87. The second-order valence-electron chi connectivity index (χ2n) is 6.10. The molecule has 0 radical (unpaired) electrons. The number of fused-ring (bicyclic) bond motifs is 1. The van der Waals surface area contributed by atoms with Crippen LogP contribution in [0.2, 0.25) is 0 Å². The van der Waals surface area contributed by atoms with Crippen LogP contribution >= 0.6 is 0 Å². The lowest BCUT2D eigenvalue weighted by Gasteiger charge is -2.16. The molecule has 0 spiro atoms. The fourth-order valence-corrected chi connectivity index (χ4v) is 3.29. The van der Waals surface area contributed by atoms with Crippen molar-refractivity contribution in [3.63, 3.8) is 0 Å². The number of anilines is 2. The van der Waals surface area contributed by atoms with Crippen LogP contribution in [-0.4, -0.2) is 10.9 Å². The molecule has 2 aromatic rings. The van der Waals surface area contributed by atoms with E-state index in [2.05, 4.69) is 16.4 Å². The van der Waals surface area contributed by atoms with Gasteiger partial charge in [-0.1, -0.05) is 18.6 Å². The van der Waals surface area contributed by atoms with Gasteiger partial charge in [0.25, 0.3) is 0 Å². The fraction of sp³-hybridized carbons (Fsp3) is 0.316. The normalized spacial score (nSPS) is 13.5. The first-order chi connectivity index (χ1) is 11.6. The second-order valence-corrected chi connectivity index (χ2v) is 6.10. The minimum absolute atomic E-state index is 0.109. The number of hydrogen-bond acceptors (Lipinski definition) is 4. The molecular weight excluding hydrogens is 300 g/mol. The van der Waals surface area contributed by atoms with E-state index >= 15 is 0 Å². The average Bonchev–Trinajstić information content (AvgIpc) is 2.79. The Morgan fingerprint density at radius 3 is 2.58 bits per heavy atom. The fourth-order valence-electron chi connectivity index (χ4n) is 3.29. The number of carbonyl (C=O) groups excluding carboxylic acids is 1. The maximum absolute atomic E-state index is 11.2. The van der Waals surface area contributed by atoms with Gasteiger partial charge in [0.15, 0.2) is 0 Å². The van der Waals surface area contributed by atoms with Crippen molar-refractivity contribution in [2.45, 2.75) is 39.0 Å². The number of nitriles is 1. The molecular formula is C19H20N4O. The lowest BCUT2D eigenvalue weighted by Crippen LogP contribution is -2.07. The summed E-state index contributed by atoms with van der Waals surface area (Å²) in [5.74, 6) is 0.196. The number of nitrogens with one attached hydrogen (secondary N) is 1. The first kappa shape index (κ1) is 16.0. The summed E-state index contributed by atoms with van der Waals surface area (Å²) < 4.78 is 0. The lowest BCUT2D eigenvalue weighted by molar-refractivity contribution is -0.114.